The fourth-order valence-corrected chi connectivity index (χ4v) is 2.71. The van der Waals surface area contributed by atoms with Gasteiger partial charge in [-0.3, -0.25) is 9.36 Å². The molecule has 0 aromatic carbocycles. The van der Waals surface area contributed by atoms with Crippen molar-refractivity contribution in [2.45, 2.75) is 52.6 Å². The van der Waals surface area contributed by atoms with Gasteiger partial charge in [-0.15, -0.1) is 0 Å². The number of aromatic nitrogens is 4. The van der Waals surface area contributed by atoms with Gasteiger partial charge in [0, 0.05) is 31.5 Å². The molecule has 2 rings (SSSR count). The van der Waals surface area contributed by atoms with Crippen molar-refractivity contribution in [2.75, 3.05) is 6.54 Å². The van der Waals surface area contributed by atoms with E-state index in [1.54, 1.807) is 0 Å². The predicted octanol–water partition coefficient (Wildman–Crippen LogP) is 2.62. The van der Waals surface area contributed by atoms with Crippen molar-refractivity contribution >= 4 is 0 Å². The monoisotopic (exact) mass is 289 g/mol. The van der Waals surface area contributed by atoms with E-state index >= 15 is 0 Å². The maximum absolute atomic E-state index is 4.58. The maximum Gasteiger partial charge on any atom is 0.0597 e. The molecule has 0 radical (unpaired) electrons. The van der Waals surface area contributed by atoms with E-state index in [0.717, 1.165) is 38.0 Å². The Morgan fingerprint density at radius 1 is 1.33 bits per heavy atom. The third-order valence-electron chi connectivity index (χ3n) is 3.84. The first kappa shape index (κ1) is 15.8. The van der Waals surface area contributed by atoms with Gasteiger partial charge in [0.25, 0.3) is 0 Å². The highest BCUT2D eigenvalue weighted by molar-refractivity contribution is 5.14. The average molecular weight is 289 g/mol. The molecule has 0 bridgehead atoms. The summed E-state index contributed by atoms with van der Waals surface area (Å²) < 4.78 is 4.07. The molecule has 5 heteroatoms. The molecule has 1 atom stereocenters. The Bertz CT molecular complexity index is 555. The SMILES string of the molecule is CCCNC(CCc1ccnn1C)c1cc(C)nn1CC. The molecule has 116 valence electrons. The second-order valence-corrected chi connectivity index (χ2v) is 5.52. The predicted molar refractivity (Wildman–Crippen MR) is 85.2 cm³/mol. The van der Waals surface area contributed by atoms with Crippen LogP contribution < -0.4 is 5.32 Å². The smallest absolute Gasteiger partial charge is 0.0597 e. The molecule has 0 fully saturated rings. The summed E-state index contributed by atoms with van der Waals surface area (Å²) in [6, 6.07) is 4.65. The molecule has 1 unspecified atom stereocenters. The molecule has 2 aromatic rings. The summed E-state index contributed by atoms with van der Waals surface area (Å²) in [6.07, 6.45) is 5.09. The third kappa shape index (κ3) is 3.94. The molecular weight excluding hydrogens is 262 g/mol. The zero-order valence-corrected chi connectivity index (χ0v) is 13.6. The zero-order chi connectivity index (χ0) is 15.2. The molecule has 1 N–H and O–H groups in total. The van der Waals surface area contributed by atoms with Gasteiger partial charge >= 0.3 is 0 Å². The Balaban J connectivity index is 2.11. The molecule has 2 heterocycles. The minimum absolute atomic E-state index is 0.348. The van der Waals surface area contributed by atoms with Crippen LogP contribution in [0.25, 0.3) is 0 Å². The van der Waals surface area contributed by atoms with Crippen molar-refractivity contribution in [3.05, 3.63) is 35.4 Å². The minimum Gasteiger partial charge on any atom is -0.309 e. The van der Waals surface area contributed by atoms with Crippen LogP contribution in [0.4, 0.5) is 0 Å². The summed E-state index contributed by atoms with van der Waals surface area (Å²) in [7, 11) is 2.00. The van der Waals surface area contributed by atoms with E-state index in [1.807, 2.05) is 17.9 Å². The van der Waals surface area contributed by atoms with E-state index in [9.17, 15) is 0 Å². The number of hydrogen-bond donors (Lipinski definition) is 1. The third-order valence-corrected chi connectivity index (χ3v) is 3.84. The highest BCUT2D eigenvalue weighted by Gasteiger charge is 2.17. The quantitative estimate of drug-likeness (QED) is 0.812. The molecule has 0 amide bonds. The van der Waals surface area contributed by atoms with E-state index in [2.05, 4.69) is 53.1 Å². The van der Waals surface area contributed by atoms with Gasteiger partial charge in [-0.2, -0.15) is 10.2 Å². The Morgan fingerprint density at radius 2 is 2.14 bits per heavy atom. The Morgan fingerprint density at radius 3 is 2.76 bits per heavy atom. The van der Waals surface area contributed by atoms with Gasteiger partial charge in [-0.25, -0.2) is 0 Å². The van der Waals surface area contributed by atoms with Gasteiger partial charge < -0.3 is 5.32 Å². The molecule has 0 saturated heterocycles. The maximum atomic E-state index is 4.58. The fourth-order valence-electron chi connectivity index (χ4n) is 2.71. The minimum atomic E-state index is 0.348. The lowest BCUT2D eigenvalue weighted by molar-refractivity contribution is 0.451. The topological polar surface area (TPSA) is 47.7 Å². The summed E-state index contributed by atoms with van der Waals surface area (Å²) in [5.41, 5.74) is 3.67. The van der Waals surface area contributed by atoms with Crippen LogP contribution in [0.15, 0.2) is 18.3 Å². The van der Waals surface area contributed by atoms with Crippen LogP contribution in [0, 0.1) is 6.92 Å². The molecule has 5 nitrogen and oxygen atoms in total. The lowest BCUT2D eigenvalue weighted by Gasteiger charge is -2.19. The Hall–Kier alpha value is -1.62. The molecule has 0 saturated carbocycles. The lowest BCUT2D eigenvalue weighted by Crippen LogP contribution is -2.25. The molecular formula is C16H27N5. The summed E-state index contributed by atoms with van der Waals surface area (Å²) in [6.45, 7) is 8.36. The normalized spacial score (nSPS) is 12.8. The lowest BCUT2D eigenvalue weighted by atomic mass is 10.1. The van der Waals surface area contributed by atoms with Crippen molar-refractivity contribution in [1.82, 2.24) is 24.9 Å². The van der Waals surface area contributed by atoms with Crippen LogP contribution in [-0.2, 0) is 20.0 Å². The summed E-state index contributed by atoms with van der Waals surface area (Å²) in [4.78, 5) is 0. The van der Waals surface area contributed by atoms with E-state index in [1.165, 1.54) is 11.4 Å². The van der Waals surface area contributed by atoms with Crippen LogP contribution >= 0.6 is 0 Å². The summed E-state index contributed by atoms with van der Waals surface area (Å²) in [5.74, 6) is 0. The number of nitrogens with one attached hydrogen (secondary N) is 1. The zero-order valence-electron chi connectivity index (χ0n) is 13.6. The summed E-state index contributed by atoms with van der Waals surface area (Å²) in [5, 5.41) is 12.5. The molecule has 2 aromatic heterocycles. The number of hydrogen-bond acceptors (Lipinski definition) is 3. The van der Waals surface area contributed by atoms with E-state index < -0.39 is 0 Å². The van der Waals surface area contributed by atoms with E-state index in [0.29, 0.717) is 6.04 Å². The van der Waals surface area contributed by atoms with Crippen molar-refractivity contribution in [3.8, 4) is 0 Å². The first-order chi connectivity index (χ1) is 10.2. The average Bonchev–Trinajstić information content (AvgIpc) is 3.05. The second-order valence-electron chi connectivity index (χ2n) is 5.52. The van der Waals surface area contributed by atoms with Crippen LogP contribution in [-0.4, -0.2) is 26.1 Å². The largest absolute Gasteiger partial charge is 0.309 e. The fraction of sp³-hybridized carbons (Fsp3) is 0.625. The van der Waals surface area contributed by atoms with Crippen LogP contribution in [0.5, 0.6) is 0 Å². The van der Waals surface area contributed by atoms with Crippen molar-refractivity contribution in [1.29, 1.82) is 0 Å². The molecule has 0 aliphatic heterocycles. The number of rotatable bonds is 8. The Kier molecular flexibility index (Phi) is 5.56. The standard InChI is InChI=1S/C16H27N5/c1-5-10-17-15(8-7-14-9-11-18-20(14)4)16-12-13(3)19-21(16)6-2/h9,11-12,15,17H,5-8,10H2,1-4H3. The van der Waals surface area contributed by atoms with Gasteiger partial charge in [0.1, 0.15) is 0 Å². The molecule has 0 aliphatic rings. The Labute approximate surface area is 127 Å². The first-order valence-corrected chi connectivity index (χ1v) is 7.90. The second kappa shape index (κ2) is 7.41. The van der Waals surface area contributed by atoms with Gasteiger partial charge in [-0.05, 0) is 51.8 Å². The molecule has 0 spiro atoms. The summed E-state index contributed by atoms with van der Waals surface area (Å²) >= 11 is 0. The van der Waals surface area contributed by atoms with Crippen molar-refractivity contribution < 1.29 is 0 Å². The van der Waals surface area contributed by atoms with Gasteiger partial charge in [0.15, 0.2) is 0 Å². The van der Waals surface area contributed by atoms with Crippen molar-refractivity contribution in [3.63, 3.8) is 0 Å². The molecule has 0 aliphatic carbocycles. The van der Waals surface area contributed by atoms with Crippen LogP contribution in [0.1, 0.15) is 49.8 Å². The van der Waals surface area contributed by atoms with Crippen LogP contribution in [0.3, 0.4) is 0 Å². The van der Waals surface area contributed by atoms with Crippen LogP contribution in [0.2, 0.25) is 0 Å². The van der Waals surface area contributed by atoms with Gasteiger partial charge in [0.2, 0.25) is 0 Å². The number of nitrogens with zero attached hydrogens (tertiary/aromatic N) is 4. The van der Waals surface area contributed by atoms with Gasteiger partial charge in [-0.1, -0.05) is 6.92 Å². The molecule has 21 heavy (non-hydrogen) atoms. The highest BCUT2D eigenvalue weighted by Crippen LogP contribution is 2.20. The highest BCUT2D eigenvalue weighted by atomic mass is 15.3. The van der Waals surface area contributed by atoms with E-state index in [-0.39, 0.29) is 0 Å². The first-order valence-electron chi connectivity index (χ1n) is 7.90. The number of aryl methyl sites for hydroxylation is 4. The van der Waals surface area contributed by atoms with Crippen molar-refractivity contribution in [2.24, 2.45) is 7.05 Å². The van der Waals surface area contributed by atoms with Gasteiger partial charge in [0.05, 0.1) is 11.4 Å². The van der Waals surface area contributed by atoms with E-state index in [4.69, 9.17) is 0 Å².